The Labute approximate surface area is 296 Å². The molecule has 0 saturated carbocycles. The van der Waals surface area contributed by atoms with Gasteiger partial charge in [0.25, 0.3) is 0 Å². The van der Waals surface area contributed by atoms with Crippen molar-refractivity contribution in [3.8, 4) is 50.5 Å². The lowest BCUT2D eigenvalue weighted by molar-refractivity contribution is 0.855. The molecule has 10 rings (SSSR count). The molecule has 1 aliphatic rings. The SMILES string of the molecule is C1=Cc2c(c3ccccc3n2-c2cccc(-c3ccc(-c4ccc(-c5c6ccccc6c(-c6ccccc6)c6ccccc56)cn4)nc3)c2)CN1. The first-order valence-corrected chi connectivity index (χ1v) is 17.4. The molecule has 6 aromatic carbocycles. The van der Waals surface area contributed by atoms with E-state index in [4.69, 9.17) is 9.97 Å². The third-order valence-corrected chi connectivity index (χ3v) is 10.2. The van der Waals surface area contributed by atoms with E-state index in [1.165, 1.54) is 60.4 Å². The number of hydrogen-bond donors (Lipinski definition) is 1. The Morgan fingerprint density at radius 1 is 0.471 bits per heavy atom. The summed E-state index contributed by atoms with van der Waals surface area (Å²) in [4.78, 5) is 9.86. The minimum atomic E-state index is 0.827. The number of nitrogens with one attached hydrogen (secondary N) is 1. The summed E-state index contributed by atoms with van der Waals surface area (Å²) in [6, 6.07) is 54.0. The van der Waals surface area contributed by atoms with Crippen molar-refractivity contribution in [2.45, 2.75) is 6.54 Å². The summed E-state index contributed by atoms with van der Waals surface area (Å²) >= 11 is 0. The first-order chi connectivity index (χ1) is 25.3. The first kappa shape index (κ1) is 29.2. The Balaban J connectivity index is 1.00. The number of pyridine rings is 2. The zero-order chi connectivity index (χ0) is 33.7. The molecule has 0 radical (unpaired) electrons. The molecule has 0 unspecified atom stereocenters. The van der Waals surface area contributed by atoms with Crippen molar-refractivity contribution in [1.82, 2.24) is 19.9 Å². The van der Waals surface area contributed by atoms with Gasteiger partial charge in [0.05, 0.1) is 22.6 Å². The van der Waals surface area contributed by atoms with Crippen LogP contribution in [0.5, 0.6) is 0 Å². The van der Waals surface area contributed by atoms with Gasteiger partial charge in [0.15, 0.2) is 0 Å². The molecule has 240 valence electrons. The van der Waals surface area contributed by atoms with Gasteiger partial charge in [-0.2, -0.15) is 0 Å². The lowest BCUT2D eigenvalue weighted by Crippen LogP contribution is -2.10. The molecule has 0 spiro atoms. The maximum absolute atomic E-state index is 4.96. The zero-order valence-electron chi connectivity index (χ0n) is 27.8. The van der Waals surface area contributed by atoms with E-state index in [0.717, 1.165) is 40.3 Å². The van der Waals surface area contributed by atoms with Crippen LogP contribution in [0.2, 0.25) is 0 Å². The number of aromatic nitrogens is 3. The van der Waals surface area contributed by atoms with Gasteiger partial charge in [-0.05, 0) is 86.4 Å². The third kappa shape index (κ3) is 4.84. The van der Waals surface area contributed by atoms with E-state index in [0.29, 0.717) is 0 Å². The minimum Gasteiger partial charge on any atom is -0.387 e. The van der Waals surface area contributed by atoms with Crippen LogP contribution in [0.1, 0.15) is 11.3 Å². The first-order valence-electron chi connectivity index (χ1n) is 17.4. The Hall–Kier alpha value is -6.78. The van der Waals surface area contributed by atoms with E-state index in [2.05, 4.69) is 168 Å². The fraction of sp³-hybridized carbons (Fsp3) is 0.0213. The maximum Gasteiger partial charge on any atom is 0.0886 e. The Morgan fingerprint density at radius 3 is 1.69 bits per heavy atom. The van der Waals surface area contributed by atoms with E-state index in [1.54, 1.807) is 0 Å². The normalized spacial score (nSPS) is 12.3. The summed E-state index contributed by atoms with van der Waals surface area (Å²) < 4.78 is 2.36. The van der Waals surface area contributed by atoms with Crippen molar-refractivity contribution in [2.24, 2.45) is 0 Å². The molecule has 51 heavy (non-hydrogen) atoms. The van der Waals surface area contributed by atoms with Gasteiger partial charge in [0, 0.05) is 46.7 Å². The standard InChI is InChI=1S/C47H32N4/c1-2-11-31(12-3-1)46-37-16-4-6-18-39(37)47(40-19-7-5-17-38(40)46)34-22-24-43(50-29-34)42-23-21-33(28-49-42)32-13-10-14-35(27-32)51-44-20-9-8-15-36(44)41-30-48-26-25-45(41)51/h1-29,48H,30H2. The molecule has 0 fully saturated rings. The Kier molecular flexibility index (Phi) is 6.85. The summed E-state index contributed by atoms with van der Waals surface area (Å²) in [5.41, 5.74) is 13.6. The smallest absolute Gasteiger partial charge is 0.0886 e. The van der Waals surface area contributed by atoms with Crippen LogP contribution in [0, 0.1) is 0 Å². The second-order valence-corrected chi connectivity index (χ2v) is 13.1. The average Bonchev–Trinajstić information content (AvgIpc) is 3.55. The summed E-state index contributed by atoms with van der Waals surface area (Å²) in [5, 5.41) is 9.57. The van der Waals surface area contributed by atoms with E-state index >= 15 is 0 Å². The fourth-order valence-electron chi connectivity index (χ4n) is 7.85. The second-order valence-electron chi connectivity index (χ2n) is 13.1. The molecular weight excluding hydrogens is 621 g/mol. The Morgan fingerprint density at radius 2 is 1.04 bits per heavy atom. The van der Waals surface area contributed by atoms with Crippen molar-refractivity contribution in [3.63, 3.8) is 0 Å². The van der Waals surface area contributed by atoms with Crippen molar-refractivity contribution in [2.75, 3.05) is 0 Å². The number of fused-ring (bicyclic) bond motifs is 5. The van der Waals surface area contributed by atoms with Gasteiger partial charge < -0.3 is 9.88 Å². The van der Waals surface area contributed by atoms with Gasteiger partial charge in [-0.1, -0.05) is 121 Å². The van der Waals surface area contributed by atoms with Crippen LogP contribution in [0.4, 0.5) is 0 Å². The van der Waals surface area contributed by atoms with Crippen LogP contribution < -0.4 is 5.32 Å². The van der Waals surface area contributed by atoms with Gasteiger partial charge >= 0.3 is 0 Å². The van der Waals surface area contributed by atoms with Crippen LogP contribution in [-0.2, 0) is 6.54 Å². The number of rotatable bonds is 5. The van der Waals surface area contributed by atoms with Gasteiger partial charge in [-0.25, -0.2) is 0 Å². The van der Waals surface area contributed by atoms with E-state index in [1.807, 2.05) is 18.6 Å². The maximum atomic E-state index is 4.96. The van der Waals surface area contributed by atoms with E-state index in [9.17, 15) is 0 Å². The molecule has 0 bridgehead atoms. The van der Waals surface area contributed by atoms with Crippen LogP contribution in [0.3, 0.4) is 0 Å². The van der Waals surface area contributed by atoms with Crippen molar-refractivity contribution in [3.05, 3.63) is 182 Å². The highest BCUT2D eigenvalue weighted by molar-refractivity contribution is 6.21. The van der Waals surface area contributed by atoms with Crippen molar-refractivity contribution in [1.29, 1.82) is 0 Å². The minimum absolute atomic E-state index is 0.827. The molecule has 0 saturated heterocycles. The largest absolute Gasteiger partial charge is 0.387 e. The number of benzene rings is 6. The predicted molar refractivity (Wildman–Crippen MR) is 211 cm³/mol. The molecule has 1 aliphatic heterocycles. The zero-order valence-corrected chi connectivity index (χ0v) is 27.8. The van der Waals surface area contributed by atoms with Crippen molar-refractivity contribution >= 4 is 38.5 Å². The highest BCUT2D eigenvalue weighted by Gasteiger charge is 2.19. The molecule has 4 nitrogen and oxygen atoms in total. The monoisotopic (exact) mass is 652 g/mol. The molecule has 0 aliphatic carbocycles. The molecule has 1 N–H and O–H groups in total. The van der Waals surface area contributed by atoms with Gasteiger partial charge in [-0.15, -0.1) is 0 Å². The highest BCUT2D eigenvalue weighted by atomic mass is 15.0. The Bertz CT molecular complexity index is 2720. The molecule has 3 aromatic heterocycles. The second kappa shape index (κ2) is 12.0. The number of para-hydroxylation sites is 1. The van der Waals surface area contributed by atoms with Gasteiger partial charge in [0.2, 0.25) is 0 Å². The lowest BCUT2D eigenvalue weighted by Gasteiger charge is -2.17. The summed E-state index contributed by atoms with van der Waals surface area (Å²) in [7, 11) is 0. The van der Waals surface area contributed by atoms with Crippen LogP contribution >= 0.6 is 0 Å². The van der Waals surface area contributed by atoms with Gasteiger partial charge in [0.1, 0.15) is 0 Å². The average molecular weight is 653 g/mol. The number of hydrogen-bond acceptors (Lipinski definition) is 3. The van der Waals surface area contributed by atoms with Gasteiger partial charge in [-0.3, -0.25) is 9.97 Å². The molecule has 0 amide bonds. The predicted octanol–water partition coefficient (Wildman–Crippen LogP) is 11.5. The summed E-state index contributed by atoms with van der Waals surface area (Å²) in [5.74, 6) is 0. The molecule has 4 heterocycles. The lowest BCUT2D eigenvalue weighted by atomic mass is 9.86. The van der Waals surface area contributed by atoms with E-state index in [-0.39, 0.29) is 0 Å². The quantitative estimate of drug-likeness (QED) is 0.188. The summed E-state index contributed by atoms with van der Waals surface area (Å²) in [6.45, 7) is 0.827. The van der Waals surface area contributed by atoms with Crippen LogP contribution in [0.15, 0.2) is 170 Å². The molecule has 0 atom stereocenters. The molecule has 9 aromatic rings. The van der Waals surface area contributed by atoms with Crippen molar-refractivity contribution < 1.29 is 0 Å². The third-order valence-electron chi connectivity index (χ3n) is 10.2. The van der Waals surface area contributed by atoms with E-state index < -0.39 is 0 Å². The molecular formula is C47H32N4. The number of nitrogens with zero attached hydrogens (tertiary/aromatic N) is 3. The molecule has 4 heteroatoms. The van der Waals surface area contributed by atoms with Crippen LogP contribution in [0.25, 0.3) is 89.0 Å². The topological polar surface area (TPSA) is 42.7 Å². The summed E-state index contributed by atoms with van der Waals surface area (Å²) in [6.07, 6.45) is 8.17. The fourth-order valence-corrected chi connectivity index (χ4v) is 7.85. The highest BCUT2D eigenvalue weighted by Crippen LogP contribution is 2.43. The van der Waals surface area contributed by atoms with Crippen LogP contribution in [-0.4, -0.2) is 14.5 Å².